The number of aromatic nitrogens is 2. The topological polar surface area (TPSA) is 143 Å². The van der Waals surface area contributed by atoms with Gasteiger partial charge in [-0.1, -0.05) is 6.92 Å². The molecule has 13 heteroatoms. The standard InChI is InChI=1S/C27H29F3N6O4/c1-13(2)40-15-8-17(29)23(18(30)9-15)25-16(28)4-5-20(33-25)26(37)34-21-10-32-7-6-22(21)36-11-14(3)24(19(31)12-36)35-27(38)39/h4-10,13-14,19,24,35H,11-12,31H2,1-3H3,(H,34,37)(H,38,39)/t14-,19+,24-/m0/s1. The zero-order chi connectivity index (χ0) is 29.1. The van der Waals surface area contributed by atoms with Crippen molar-refractivity contribution in [3.05, 3.63) is 65.9 Å². The number of carboxylic acid groups (broad SMARTS) is 1. The number of rotatable bonds is 7. The summed E-state index contributed by atoms with van der Waals surface area (Å²) in [5, 5.41) is 14.2. The van der Waals surface area contributed by atoms with Crippen LogP contribution in [0.4, 0.5) is 29.3 Å². The second-order valence-corrected chi connectivity index (χ2v) is 9.82. The van der Waals surface area contributed by atoms with Gasteiger partial charge in [0.05, 0.1) is 35.3 Å². The highest BCUT2D eigenvalue weighted by atomic mass is 19.1. The van der Waals surface area contributed by atoms with Gasteiger partial charge in [-0.2, -0.15) is 0 Å². The Morgan fingerprint density at radius 1 is 1.12 bits per heavy atom. The molecule has 212 valence electrons. The number of halogens is 3. The molecular weight excluding hydrogens is 529 g/mol. The largest absolute Gasteiger partial charge is 0.491 e. The molecule has 2 amide bonds. The molecule has 1 aliphatic rings. The van der Waals surface area contributed by atoms with Crippen molar-refractivity contribution in [1.82, 2.24) is 15.3 Å². The zero-order valence-corrected chi connectivity index (χ0v) is 22.0. The summed E-state index contributed by atoms with van der Waals surface area (Å²) in [7, 11) is 0. The van der Waals surface area contributed by atoms with Gasteiger partial charge in [-0.15, -0.1) is 0 Å². The van der Waals surface area contributed by atoms with Crippen molar-refractivity contribution < 1.29 is 32.6 Å². The molecule has 0 aliphatic carbocycles. The maximum Gasteiger partial charge on any atom is 0.404 e. The monoisotopic (exact) mass is 558 g/mol. The van der Waals surface area contributed by atoms with E-state index < -0.39 is 52.8 Å². The van der Waals surface area contributed by atoms with Crippen LogP contribution in [0, 0.1) is 23.4 Å². The van der Waals surface area contributed by atoms with Crippen LogP contribution in [0.25, 0.3) is 11.3 Å². The molecule has 3 atom stereocenters. The van der Waals surface area contributed by atoms with Crippen molar-refractivity contribution in [3.8, 4) is 17.0 Å². The molecular formula is C27H29F3N6O4. The van der Waals surface area contributed by atoms with Gasteiger partial charge in [0.1, 0.15) is 34.6 Å². The first-order valence-corrected chi connectivity index (χ1v) is 12.5. The van der Waals surface area contributed by atoms with E-state index in [-0.39, 0.29) is 35.7 Å². The number of benzene rings is 1. The summed E-state index contributed by atoms with van der Waals surface area (Å²) < 4.78 is 49.7. The molecule has 2 aromatic heterocycles. The fraction of sp³-hybridized carbons (Fsp3) is 0.333. The van der Waals surface area contributed by atoms with Crippen molar-refractivity contribution in [3.63, 3.8) is 0 Å². The molecule has 1 saturated heterocycles. The molecule has 0 unspecified atom stereocenters. The molecule has 0 bridgehead atoms. The molecule has 3 heterocycles. The van der Waals surface area contributed by atoms with Crippen molar-refractivity contribution in [2.75, 3.05) is 23.3 Å². The van der Waals surface area contributed by atoms with Crippen molar-refractivity contribution in [2.24, 2.45) is 11.7 Å². The summed E-state index contributed by atoms with van der Waals surface area (Å²) >= 11 is 0. The first-order chi connectivity index (χ1) is 18.9. The minimum absolute atomic E-state index is 0.0658. The number of anilines is 2. The SMILES string of the molecule is CC(C)Oc1cc(F)c(-c2nc(C(=O)Nc3cnccc3N3C[C@@H](N)[C@@H](NC(=O)O)[C@@H](C)C3)ccc2F)c(F)c1. The number of hydrogen-bond acceptors (Lipinski definition) is 7. The summed E-state index contributed by atoms with van der Waals surface area (Å²) in [4.78, 5) is 34.2. The number of carbonyl (C=O) groups is 2. The fourth-order valence-corrected chi connectivity index (χ4v) is 4.72. The van der Waals surface area contributed by atoms with E-state index in [0.717, 1.165) is 24.3 Å². The summed E-state index contributed by atoms with van der Waals surface area (Å²) in [6.45, 7) is 5.95. The van der Waals surface area contributed by atoms with Crippen LogP contribution >= 0.6 is 0 Å². The molecule has 0 spiro atoms. The van der Waals surface area contributed by atoms with Crippen molar-refractivity contribution >= 4 is 23.4 Å². The second-order valence-electron chi connectivity index (χ2n) is 9.82. The minimum Gasteiger partial charge on any atom is -0.491 e. The van der Waals surface area contributed by atoms with Gasteiger partial charge in [-0.25, -0.2) is 22.9 Å². The molecule has 4 rings (SSSR count). The molecule has 3 aromatic rings. The van der Waals surface area contributed by atoms with Gasteiger partial charge in [-0.3, -0.25) is 9.78 Å². The Bertz CT molecular complexity index is 1390. The maximum atomic E-state index is 14.8. The predicted molar refractivity (Wildman–Crippen MR) is 142 cm³/mol. The van der Waals surface area contributed by atoms with Crippen molar-refractivity contribution in [1.29, 1.82) is 0 Å². The quantitative estimate of drug-likeness (QED) is 0.341. The first kappa shape index (κ1) is 28.6. The van der Waals surface area contributed by atoms with Crippen LogP contribution in [0.15, 0.2) is 42.7 Å². The summed E-state index contributed by atoms with van der Waals surface area (Å²) in [6.07, 6.45) is 1.43. The molecule has 1 aliphatic heterocycles. The number of nitrogens with two attached hydrogens (primary N) is 1. The van der Waals surface area contributed by atoms with Gasteiger partial charge in [0.2, 0.25) is 0 Å². The third-order valence-corrected chi connectivity index (χ3v) is 6.39. The zero-order valence-electron chi connectivity index (χ0n) is 22.0. The normalized spacial score (nSPS) is 18.9. The Labute approximate surface area is 228 Å². The van der Waals surface area contributed by atoms with Gasteiger partial charge < -0.3 is 31.1 Å². The van der Waals surface area contributed by atoms with E-state index in [9.17, 15) is 22.8 Å². The van der Waals surface area contributed by atoms with E-state index in [0.29, 0.717) is 12.2 Å². The Kier molecular flexibility index (Phi) is 8.43. The maximum absolute atomic E-state index is 14.8. The average molecular weight is 559 g/mol. The molecule has 5 N–H and O–H groups in total. The number of hydrogen-bond donors (Lipinski definition) is 4. The number of amides is 2. The lowest BCUT2D eigenvalue weighted by Crippen LogP contribution is -2.61. The van der Waals surface area contributed by atoms with Crippen molar-refractivity contribution in [2.45, 2.75) is 39.0 Å². The third-order valence-electron chi connectivity index (χ3n) is 6.39. The highest BCUT2D eigenvalue weighted by Crippen LogP contribution is 2.32. The van der Waals surface area contributed by atoms with E-state index in [1.54, 1.807) is 19.9 Å². The van der Waals surface area contributed by atoms with E-state index in [2.05, 4.69) is 20.6 Å². The molecule has 10 nitrogen and oxygen atoms in total. The lowest BCUT2D eigenvalue weighted by Gasteiger charge is -2.42. The molecule has 40 heavy (non-hydrogen) atoms. The third kappa shape index (κ3) is 6.25. The second kappa shape index (κ2) is 11.8. The molecule has 0 saturated carbocycles. The highest BCUT2D eigenvalue weighted by molar-refractivity contribution is 6.04. The van der Waals surface area contributed by atoms with Gasteiger partial charge in [0.25, 0.3) is 5.91 Å². The highest BCUT2D eigenvalue weighted by Gasteiger charge is 2.34. The molecule has 1 fully saturated rings. The Balaban J connectivity index is 1.59. The summed E-state index contributed by atoms with van der Waals surface area (Å²) in [6, 6.07) is 4.53. The Hall–Kier alpha value is -4.39. The summed E-state index contributed by atoms with van der Waals surface area (Å²) in [5.74, 6) is -4.20. The average Bonchev–Trinajstić information content (AvgIpc) is 2.86. The number of ether oxygens (including phenoxy) is 1. The van der Waals surface area contributed by atoms with Gasteiger partial charge in [0, 0.05) is 37.5 Å². The van der Waals surface area contributed by atoms with E-state index >= 15 is 0 Å². The number of pyridine rings is 2. The lowest BCUT2D eigenvalue weighted by molar-refractivity contribution is 0.102. The fourth-order valence-electron chi connectivity index (χ4n) is 4.72. The Morgan fingerprint density at radius 3 is 2.45 bits per heavy atom. The van der Waals surface area contributed by atoms with Crippen LogP contribution in [0.1, 0.15) is 31.3 Å². The van der Waals surface area contributed by atoms with Crippen LogP contribution in [0.2, 0.25) is 0 Å². The smallest absolute Gasteiger partial charge is 0.404 e. The van der Waals surface area contributed by atoms with Gasteiger partial charge in [-0.05, 0) is 38.0 Å². The predicted octanol–water partition coefficient (Wildman–Crippen LogP) is 4.02. The van der Waals surface area contributed by atoms with E-state index in [4.69, 9.17) is 15.6 Å². The number of piperidine rings is 1. The van der Waals surface area contributed by atoms with Crippen LogP contribution < -0.4 is 26.0 Å². The van der Waals surface area contributed by atoms with Crippen LogP contribution in [0.5, 0.6) is 5.75 Å². The molecule has 1 aromatic carbocycles. The Morgan fingerprint density at radius 2 is 1.82 bits per heavy atom. The number of nitrogens with zero attached hydrogens (tertiary/aromatic N) is 3. The van der Waals surface area contributed by atoms with Gasteiger partial charge in [0.15, 0.2) is 0 Å². The van der Waals surface area contributed by atoms with Gasteiger partial charge >= 0.3 is 6.09 Å². The first-order valence-electron chi connectivity index (χ1n) is 12.5. The van der Waals surface area contributed by atoms with Crippen LogP contribution in [-0.4, -0.2) is 58.4 Å². The number of nitrogens with one attached hydrogen (secondary N) is 2. The van der Waals surface area contributed by atoms with E-state index in [1.165, 1.54) is 12.4 Å². The number of carbonyl (C=O) groups excluding carboxylic acids is 1. The molecule has 0 radical (unpaired) electrons. The van der Waals surface area contributed by atoms with Crippen LogP contribution in [-0.2, 0) is 0 Å². The van der Waals surface area contributed by atoms with E-state index in [1.807, 2.05) is 11.8 Å². The lowest BCUT2D eigenvalue weighted by atomic mass is 9.90. The summed E-state index contributed by atoms with van der Waals surface area (Å²) in [5.41, 5.74) is 5.41. The minimum atomic E-state index is -1.16. The van der Waals surface area contributed by atoms with Crippen LogP contribution in [0.3, 0.4) is 0 Å².